The van der Waals surface area contributed by atoms with Gasteiger partial charge in [-0.1, -0.05) is 20.8 Å². The normalized spacial score (nSPS) is 25.1. The largest absolute Gasteiger partial charge is 0.481 e. The number of nitrogens with zero attached hydrogens (tertiary/aromatic N) is 1. The van der Waals surface area contributed by atoms with Crippen molar-refractivity contribution in [2.45, 2.75) is 59.3 Å². The van der Waals surface area contributed by atoms with Gasteiger partial charge in [-0.05, 0) is 42.4 Å². The number of aliphatic carboxylic acids is 1. The summed E-state index contributed by atoms with van der Waals surface area (Å²) in [7, 11) is 0. The van der Waals surface area contributed by atoms with Crippen molar-refractivity contribution in [3.63, 3.8) is 0 Å². The second-order valence-electron chi connectivity index (χ2n) is 7.77. The van der Waals surface area contributed by atoms with E-state index in [4.69, 9.17) is 0 Å². The molecule has 0 aliphatic heterocycles. The first-order chi connectivity index (χ1) is 10.7. The van der Waals surface area contributed by atoms with E-state index < -0.39 is 11.4 Å². The Bertz CT molecular complexity index is 541. The van der Waals surface area contributed by atoms with Crippen LogP contribution in [0.5, 0.6) is 0 Å². The molecule has 0 unspecified atom stereocenters. The molecule has 1 amide bonds. The number of hydrogen-bond acceptors (Lipinski definition) is 4. The van der Waals surface area contributed by atoms with Gasteiger partial charge in [-0.3, -0.25) is 9.59 Å². The lowest BCUT2D eigenvalue weighted by Gasteiger charge is -2.43. The number of carbonyl (C=O) groups excluding carboxylic acids is 1. The summed E-state index contributed by atoms with van der Waals surface area (Å²) in [6.07, 6.45) is 5.54. The minimum atomic E-state index is -0.818. The van der Waals surface area contributed by atoms with Crippen LogP contribution < -0.4 is 5.32 Å². The lowest BCUT2D eigenvalue weighted by atomic mass is 9.62. The monoisotopic (exact) mass is 338 g/mol. The summed E-state index contributed by atoms with van der Waals surface area (Å²) in [5, 5.41) is 14.4. The first-order valence-corrected chi connectivity index (χ1v) is 8.99. The van der Waals surface area contributed by atoms with Crippen LogP contribution in [0.3, 0.4) is 0 Å². The number of hydrogen-bond donors (Lipinski definition) is 2. The molecule has 2 N–H and O–H groups in total. The van der Waals surface area contributed by atoms with E-state index in [9.17, 15) is 14.7 Å². The summed E-state index contributed by atoms with van der Waals surface area (Å²) in [5.74, 6) is -0.358. The predicted octanol–water partition coefficient (Wildman–Crippen LogP) is 4.17. The topological polar surface area (TPSA) is 79.3 Å². The summed E-state index contributed by atoms with van der Waals surface area (Å²) < 4.78 is 0. The summed E-state index contributed by atoms with van der Waals surface area (Å²) in [4.78, 5) is 27.7. The van der Waals surface area contributed by atoms with Gasteiger partial charge in [-0.2, -0.15) is 0 Å². The Morgan fingerprint density at radius 2 is 2.00 bits per heavy atom. The molecule has 23 heavy (non-hydrogen) atoms. The van der Waals surface area contributed by atoms with Gasteiger partial charge in [0.1, 0.15) is 0 Å². The Morgan fingerprint density at radius 3 is 2.48 bits per heavy atom. The van der Waals surface area contributed by atoms with E-state index >= 15 is 0 Å². The maximum Gasteiger partial charge on any atom is 0.303 e. The van der Waals surface area contributed by atoms with Gasteiger partial charge in [0.05, 0.1) is 6.42 Å². The number of rotatable bonds is 5. The number of amides is 1. The molecule has 1 aromatic heterocycles. The number of carboxylic acids is 1. The van der Waals surface area contributed by atoms with E-state index in [0.29, 0.717) is 11.0 Å². The smallest absolute Gasteiger partial charge is 0.303 e. The van der Waals surface area contributed by atoms with Crippen LogP contribution in [0.4, 0.5) is 5.13 Å². The Kier molecular flexibility index (Phi) is 5.45. The predicted molar refractivity (Wildman–Crippen MR) is 91.5 cm³/mol. The Balaban J connectivity index is 2.02. The Hall–Kier alpha value is -1.43. The molecule has 1 fully saturated rings. The number of anilines is 1. The third kappa shape index (κ3) is 5.03. The number of carboxylic acid groups (broad SMARTS) is 1. The van der Waals surface area contributed by atoms with Gasteiger partial charge >= 0.3 is 5.97 Å². The minimum Gasteiger partial charge on any atom is -0.481 e. The van der Waals surface area contributed by atoms with E-state index in [1.165, 1.54) is 11.3 Å². The molecule has 0 aromatic carbocycles. The fraction of sp³-hybridized carbons (Fsp3) is 0.706. The fourth-order valence-corrected chi connectivity index (χ4v) is 4.17. The van der Waals surface area contributed by atoms with Crippen molar-refractivity contribution in [2.75, 3.05) is 5.32 Å². The molecule has 1 heterocycles. The van der Waals surface area contributed by atoms with E-state index in [-0.39, 0.29) is 24.2 Å². The molecule has 0 bridgehead atoms. The number of carbonyl (C=O) groups is 2. The molecule has 0 atom stereocenters. The highest BCUT2D eigenvalue weighted by Crippen LogP contribution is 2.48. The lowest BCUT2D eigenvalue weighted by molar-refractivity contribution is -0.141. The number of aromatic nitrogens is 1. The first kappa shape index (κ1) is 17.9. The molecule has 0 saturated heterocycles. The van der Waals surface area contributed by atoms with Crippen molar-refractivity contribution in [1.82, 2.24) is 4.98 Å². The zero-order chi connectivity index (χ0) is 17.1. The van der Waals surface area contributed by atoms with Gasteiger partial charge < -0.3 is 10.4 Å². The standard InChI is InChI=1S/C17H26N2O3S/c1-16(2,3)12-4-6-17(7-5-12,11-14(21)22)10-13(20)19-15-18-8-9-23-15/h8-9,12H,4-7,10-11H2,1-3H3,(H,21,22)(H,18,19,20). The molecule has 1 aliphatic rings. The van der Waals surface area contributed by atoms with Crippen molar-refractivity contribution in [2.24, 2.45) is 16.7 Å². The van der Waals surface area contributed by atoms with Crippen molar-refractivity contribution in [3.8, 4) is 0 Å². The second-order valence-corrected chi connectivity index (χ2v) is 8.67. The van der Waals surface area contributed by atoms with E-state index in [1.54, 1.807) is 11.6 Å². The SMILES string of the molecule is CC(C)(C)C1CCC(CC(=O)O)(CC(=O)Nc2nccs2)CC1. The molecule has 1 aliphatic carbocycles. The van der Waals surface area contributed by atoms with Crippen LogP contribution in [0.15, 0.2) is 11.6 Å². The van der Waals surface area contributed by atoms with Crippen molar-refractivity contribution in [1.29, 1.82) is 0 Å². The third-order valence-corrected chi connectivity index (χ3v) is 5.70. The fourth-order valence-electron chi connectivity index (χ4n) is 3.62. The molecule has 128 valence electrons. The maximum atomic E-state index is 12.3. The summed E-state index contributed by atoms with van der Waals surface area (Å²) in [6.45, 7) is 6.70. The van der Waals surface area contributed by atoms with Crippen LogP contribution in [0.1, 0.15) is 59.3 Å². The minimum absolute atomic E-state index is 0.0646. The summed E-state index contributed by atoms with van der Waals surface area (Å²) in [5.41, 5.74) is -0.187. The molecule has 0 radical (unpaired) electrons. The maximum absolute atomic E-state index is 12.3. The van der Waals surface area contributed by atoms with Crippen LogP contribution in [0.2, 0.25) is 0 Å². The zero-order valence-electron chi connectivity index (χ0n) is 14.1. The zero-order valence-corrected chi connectivity index (χ0v) is 14.9. The van der Waals surface area contributed by atoms with Crippen LogP contribution in [0.25, 0.3) is 0 Å². The van der Waals surface area contributed by atoms with Crippen molar-refractivity contribution < 1.29 is 14.7 Å². The molecule has 1 saturated carbocycles. The van der Waals surface area contributed by atoms with E-state index in [2.05, 4.69) is 31.1 Å². The van der Waals surface area contributed by atoms with Gasteiger partial charge in [0.15, 0.2) is 5.13 Å². The molecule has 1 aromatic rings. The molecule has 2 rings (SSSR count). The molecular formula is C17H26N2O3S. The average molecular weight is 338 g/mol. The van der Waals surface area contributed by atoms with Crippen molar-refractivity contribution >= 4 is 28.3 Å². The summed E-state index contributed by atoms with van der Waals surface area (Å²) in [6, 6.07) is 0. The van der Waals surface area contributed by atoms with Gasteiger partial charge in [0, 0.05) is 18.0 Å². The van der Waals surface area contributed by atoms with E-state index in [1.807, 2.05) is 0 Å². The number of thiazole rings is 1. The average Bonchev–Trinajstić information content (AvgIpc) is 2.89. The third-order valence-electron chi connectivity index (χ3n) is 5.01. The van der Waals surface area contributed by atoms with Gasteiger partial charge in [0.2, 0.25) is 5.91 Å². The first-order valence-electron chi connectivity index (χ1n) is 8.11. The number of nitrogens with one attached hydrogen (secondary N) is 1. The highest BCUT2D eigenvalue weighted by atomic mass is 32.1. The molecule has 6 heteroatoms. The second kappa shape index (κ2) is 6.99. The highest BCUT2D eigenvalue weighted by Gasteiger charge is 2.41. The molecule has 0 spiro atoms. The van der Waals surface area contributed by atoms with Gasteiger partial charge in [-0.25, -0.2) is 4.98 Å². The molecule has 5 nitrogen and oxygen atoms in total. The lowest BCUT2D eigenvalue weighted by Crippen LogP contribution is -2.37. The van der Waals surface area contributed by atoms with Crippen LogP contribution >= 0.6 is 11.3 Å². The molecular weight excluding hydrogens is 312 g/mol. The summed E-state index contributed by atoms with van der Waals surface area (Å²) >= 11 is 1.37. The van der Waals surface area contributed by atoms with Gasteiger partial charge in [-0.15, -0.1) is 11.3 Å². The van der Waals surface area contributed by atoms with E-state index in [0.717, 1.165) is 25.7 Å². The highest BCUT2D eigenvalue weighted by molar-refractivity contribution is 7.13. The quantitative estimate of drug-likeness (QED) is 0.844. The Labute approximate surface area is 141 Å². The van der Waals surface area contributed by atoms with Crippen LogP contribution in [0, 0.1) is 16.7 Å². The van der Waals surface area contributed by atoms with Crippen LogP contribution in [-0.2, 0) is 9.59 Å². The van der Waals surface area contributed by atoms with Crippen LogP contribution in [-0.4, -0.2) is 22.0 Å². The van der Waals surface area contributed by atoms with Gasteiger partial charge in [0.25, 0.3) is 0 Å². The van der Waals surface area contributed by atoms with Crippen molar-refractivity contribution in [3.05, 3.63) is 11.6 Å². The Morgan fingerprint density at radius 1 is 1.35 bits per heavy atom.